The minimum absolute atomic E-state index is 0.0685. The van der Waals surface area contributed by atoms with E-state index in [1.165, 1.54) is 23.3 Å². The van der Waals surface area contributed by atoms with E-state index < -0.39 is 11.4 Å². The van der Waals surface area contributed by atoms with Gasteiger partial charge in [0.05, 0.1) is 30.7 Å². The van der Waals surface area contributed by atoms with E-state index in [2.05, 4.69) is 10.2 Å². The molecule has 0 radical (unpaired) electrons. The maximum Gasteiger partial charge on any atom is 0.285 e. The van der Waals surface area contributed by atoms with E-state index in [0.717, 1.165) is 5.70 Å². The first-order chi connectivity index (χ1) is 12.4. The first kappa shape index (κ1) is 18.5. The number of hydrogen-bond donors (Lipinski definition) is 3. The molecule has 0 aliphatic carbocycles. The standard InChI is InChI=1S/C16H17Cl2FN6O/c17-11-5-10(19)2-1-9(11)7-25(21)13-3-4-24(8-12(13)20)14-6-22-23-16(26)15(14)18/h1-2,5-6H,3-4,7-8,20-21H2,(H,23,26). The summed E-state index contributed by atoms with van der Waals surface area (Å²) in [4.78, 5) is 13.5. The lowest BCUT2D eigenvalue weighted by Crippen LogP contribution is -2.41. The van der Waals surface area contributed by atoms with Crippen molar-refractivity contribution in [2.75, 3.05) is 18.0 Å². The Morgan fingerprint density at radius 1 is 1.38 bits per heavy atom. The second-order valence-corrected chi connectivity index (χ2v) is 6.69. The summed E-state index contributed by atoms with van der Waals surface area (Å²) in [6.07, 6.45) is 2.03. The summed E-state index contributed by atoms with van der Waals surface area (Å²) >= 11 is 12.1. The van der Waals surface area contributed by atoms with Crippen molar-refractivity contribution in [1.82, 2.24) is 15.2 Å². The monoisotopic (exact) mass is 398 g/mol. The number of benzene rings is 1. The molecule has 1 aromatic heterocycles. The molecule has 0 bridgehead atoms. The number of nitrogens with one attached hydrogen (secondary N) is 1. The summed E-state index contributed by atoms with van der Waals surface area (Å²) in [6, 6.07) is 4.16. The number of anilines is 1. The van der Waals surface area contributed by atoms with Gasteiger partial charge in [-0.25, -0.2) is 15.3 Å². The van der Waals surface area contributed by atoms with E-state index in [4.69, 9.17) is 34.8 Å². The molecule has 2 aromatic rings. The lowest BCUT2D eigenvalue weighted by molar-refractivity contribution is 0.328. The van der Waals surface area contributed by atoms with Gasteiger partial charge in [-0.2, -0.15) is 5.10 Å². The van der Waals surface area contributed by atoms with Crippen LogP contribution in [0.4, 0.5) is 10.1 Å². The molecule has 0 fully saturated rings. The van der Waals surface area contributed by atoms with Crippen molar-refractivity contribution >= 4 is 28.9 Å². The highest BCUT2D eigenvalue weighted by Gasteiger charge is 2.23. The zero-order valence-electron chi connectivity index (χ0n) is 13.7. The normalized spacial score (nSPS) is 14.7. The molecule has 0 spiro atoms. The highest BCUT2D eigenvalue weighted by Crippen LogP contribution is 2.27. The molecule has 10 heteroatoms. The molecule has 1 aliphatic heterocycles. The van der Waals surface area contributed by atoms with Crippen molar-refractivity contribution < 1.29 is 4.39 Å². The Balaban J connectivity index is 1.77. The molecule has 0 saturated heterocycles. The largest absolute Gasteiger partial charge is 0.399 e. The van der Waals surface area contributed by atoms with E-state index in [0.29, 0.717) is 48.0 Å². The highest BCUT2D eigenvalue weighted by molar-refractivity contribution is 6.33. The number of aromatic amines is 1. The van der Waals surface area contributed by atoms with Crippen LogP contribution in [0.5, 0.6) is 0 Å². The molecule has 5 N–H and O–H groups in total. The number of hydrazine groups is 1. The number of aromatic nitrogens is 2. The number of H-pyrrole nitrogens is 1. The van der Waals surface area contributed by atoms with Crippen molar-refractivity contribution in [1.29, 1.82) is 0 Å². The average molecular weight is 399 g/mol. The molecule has 1 aliphatic rings. The molecule has 3 rings (SSSR count). The predicted octanol–water partition coefficient (Wildman–Crippen LogP) is 1.97. The van der Waals surface area contributed by atoms with Gasteiger partial charge in [0.1, 0.15) is 10.8 Å². The highest BCUT2D eigenvalue weighted by atomic mass is 35.5. The third kappa shape index (κ3) is 3.77. The smallest absolute Gasteiger partial charge is 0.285 e. The Morgan fingerprint density at radius 2 is 2.15 bits per heavy atom. The minimum atomic E-state index is -0.455. The minimum Gasteiger partial charge on any atom is -0.399 e. The fourth-order valence-electron chi connectivity index (χ4n) is 2.83. The predicted molar refractivity (Wildman–Crippen MR) is 99.1 cm³/mol. The first-order valence-corrected chi connectivity index (χ1v) is 8.54. The second kappa shape index (κ2) is 7.53. The summed E-state index contributed by atoms with van der Waals surface area (Å²) in [7, 11) is 0. The van der Waals surface area contributed by atoms with Crippen LogP contribution in [-0.2, 0) is 6.54 Å². The maximum absolute atomic E-state index is 13.2. The van der Waals surface area contributed by atoms with Gasteiger partial charge < -0.3 is 15.6 Å². The lowest BCUT2D eigenvalue weighted by atomic mass is 10.1. The Hall–Kier alpha value is -2.29. The number of rotatable bonds is 4. The Bertz CT molecular complexity index is 916. The van der Waals surface area contributed by atoms with Gasteiger partial charge in [-0.05, 0) is 17.7 Å². The third-order valence-electron chi connectivity index (χ3n) is 4.17. The number of nitrogens with two attached hydrogens (primary N) is 2. The lowest BCUT2D eigenvalue weighted by Gasteiger charge is -2.34. The summed E-state index contributed by atoms with van der Waals surface area (Å²) in [5.74, 6) is 5.74. The summed E-state index contributed by atoms with van der Waals surface area (Å²) in [5.41, 5.74) is 8.25. The molecule has 0 amide bonds. The SMILES string of the molecule is NC1=C(N(N)Cc2ccc(F)cc2Cl)CCN(c2cn[nH]c(=O)c2Cl)C1. The molecule has 2 heterocycles. The molecule has 1 aromatic carbocycles. The van der Waals surface area contributed by atoms with Crippen molar-refractivity contribution in [2.24, 2.45) is 11.6 Å². The zero-order valence-corrected chi connectivity index (χ0v) is 15.2. The fourth-order valence-corrected chi connectivity index (χ4v) is 3.27. The van der Waals surface area contributed by atoms with Crippen molar-refractivity contribution in [2.45, 2.75) is 13.0 Å². The Morgan fingerprint density at radius 3 is 2.85 bits per heavy atom. The van der Waals surface area contributed by atoms with Crippen LogP contribution in [0.25, 0.3) is 0 Å². The van der Waals surface area contributed by atoms with Crippen LogP contribution >= 0.6 is 23.2 Å². The average Bonchev–Trinajstić information content (AvgIpc) is 2.59. The Labute approximate surface area is 158 Å². The van der Waals surface area contributed by atoms with Gasteiger partial charge in [-0.1, -0.05) is 29.3 Å². The van der Waals surface area contributed by atoms with Crippen LogP contribution in [0.1, 0.15) is 12.0 Å². The van der Waals surface area contributed by atoms with Gasteiger partial charge >= 0.3 is 0 Å². The first-order valence-electron chi connectivity index (χ1n) is 7.78. The molecule has 0 saturated carbocycles. The molecule has 26 heavy (non-hydrogen) atoms. The number of hydrogen-bond acceptors (Lipinski definition) is 6. The molecule has 0 atom stereocenters. The van der Waals surface area contributed by atoms with Crippen LogP contribution in [0.2, 0.25) is 10.0 Å². The molecule has 7 nitrogen and oxygen atoms in total. The molecule has 138 valence electrons. The number of nitrogens with zero attached hydrogens (tertiary/aromatic N) is 3. The van der Waals surface area contributed by atoms with Crippen LogP contribution < -0.4 is 22.0 Å². The van der Waals surface area contributed by atoms with Crippen LogP contribution in [-0.4, -0.2) is 28.3 Å². The van der Waals surface area contributed by atoms with Gasteiger partial charge in [0.15, 0.2) is 0 Å². The van der Waals surface area contributed by atoms with Gasteiger partial charge in [0, 0.05) is 23.7 Å². The summed E-state index contributed by atoms with van der Waals surface area (Å²) < 4.78 is 13.2. The molecular weight excluding hydrogens is 382 g/mol. The number of halogens is 3. The zero-order chi connectivity index (χ0) is 18.8. The van der Waals surface area contributed by atoms with Gasteiger partial charge in [-0.15, -0.1) is 0 Å². The van der Waals surface area contributed by atoms with E-state index in [9.17, 15) is 9.18 Å². The van der Waals surface area contributed by atoms with Crippen molar-refractivity contribution in [3.63, 3.8) is 0 Å². The van der Waals surface area contributed by atoms with Crippen molar-refractivity contribution in [3.05, 3.63) is 67.6 Å². The van der Waals surface area contributed by atoms with Gasteiger partial charge in [0.25, 0.3) is 5.56 Å². The summed E-state index contributed by atoms with van der Waals surface area (Å²) in [6.45, 7) is 1.21. The quantitative estimate of drug-likeness (QED) is 0.537. The summed E-state index contributed by atoms with van der Waals surface area (Å²) in [5, 5.41) is 7.93. The fraction of sp³-hybridized carbons (Fsp3) is 0.250. The van der Waals surface area contributed by atoms with Gasteiger partial charge in [0.2, 0.25) is 0 Å². The van der Waals surface area contributed by atoms with Gasteiger partial charge in [-0.3, -0.25) is 4.79 Å². The topological polar surface area (TPSA) is 104 Å². The third-order valence-corrected chi connectivity index (χ3v) is 4.89. The van der Waals surface area contributed by atoms with E-state index in [-0.39, 0.29) is 5.02 Å². The molecule has 0 unspecified atom stereocenters. The van der Waals surface area contributed by atoms with Crippen LogP contribution in [0, 0.1) is 5.82 Å². The Kier molecular flexibility index (Phi) is 5.36. The molecular formula is C16H17Cl2FN6O. The van der Waals surface area contributed by atoms with Crippen LogP contribution in [0.15, 0.2) is 40.6 Å². The van der Waals surface area contributed by atoms with E-state index in [1.807, 2.05) is 4.90 Å². The van der Waals surface area contributed by atoms with E-state index >= 15 is 0 Å². The van der Waals surface area contributed by atoms with E-state index in [1.54, 1.807) is 6.07 Å². The maximum atomic E-state index is 13.2. The second-order valence-electron chi connectivity index (χ2n) is 5.91. The van der Waals surface area contributed by atoms with Crippen LogP contribution in [0.3, 0.4) is 0 Å². The van der Waals surface area contributed by atoms with Crippen molar-refractivity contribution in [3.8, 4) is 0 Å².